The van der Waals surface area contributed by atoms with E-state index < -0.39 is 0 Å². The lowest BCUT2D eigenvalue weighted by Gasteiger charge is -2.37. The van der Waals surface area contributed by atoms with E-state index in [0.29, 0.717) is 5.92 Å². The van der Waals surface area contributed by atoms with Gasteiger partial charge in [-0.1, -0.05) is 56.3 Å². The highest BCUT2D eigenvalue weighted by atomic mass is 16.5. The Balaban J connectivity index is 1.39. The summed E-state index contributed by atoms with van der Waals surface area (Å²) < 4.78 is 11.9. The van der Waals surface area contributed by atoms with Crippen LogP contribution in [0.25, 0.3) is 0 Å². The Kier molecular flexibility index (Phi) is 8.12. The number of methoxy groups -OCH3 is 1. The molecular weight excluding hydrogens is 420 g/mol. The number of rotatable bonds is 9. The van der Waals surface area contributed by atoms with E-state index in [2.05, 4.69) is 91.2 Å². The monoisotopic (exact) mass is 458 g/mol. The molecule has 1 saturated heterocycles. The van der Waals surface area contributed by atoms with Gasteiger partial charge in [0.25, 0.3) is 0 Å². The number of hydrogen-bond donors (Lipinski definition) is 0. The minimum Gasteiger partial charge on any atom is -0.497 e. The second-order valence-electron chi connectivity index (χ2n) is 9.51. The molecule has 1 heterocycles. The Bertz CT molecular complexity index is 1020. The number of ether oxygens (including phenoxy) is 2. The number of nitrogens with zero attached hydrogens (tertiary/aromatic N) is 2. The molecule has 1 atom stereocenters. The van der Waals surface area contributed by atoms with Crippen LogP contribution in [0.2, 0.25) is 0 Å². The van der Waals surface area contributed by atoms with E-state index in [4.69, 9.17) is 9.47 Å². The molecule has 34 heavy (non-hydrogen) atoms. The van der Waals surface area contributed by atoms with Gasteiger partial charge in [0.05, 0.1) is 7.11 Å². The van der Waals surface area contributed by atoms with Crippen molar-refractivity contribution < 1.29 is 9.47 Å². The number of benzene rings is 3. The molecule has 0 amide bonds. The van der Waals surface area contributed by atoms with Gasteiger partial charge in [-0.05, 0) is 59.9 Å². The lowest BCUT2D eigenvalue weighted by molar-refractivity contribution is 0.160. The molecule has 4 rings (SSSR count). The van der Waals surface area contributed by atoms with Gasteiger partial charge in [-0.15, -0.1) is 0 Å². The average molecular weight is 459 g/mol. The average Bonchev–Trinajstić information content (AvgIpc) is 2.87. The van der Waals surface area contributed by atoms with Crippen molar-refractivity contribution in [3.63, 3.8) is 0 Å². The van der Waals surface area contributed by atoms with E-state index in [0.717, 1.165) is 50.6 Å². The molecule has 3 aromatic rings. The second kappa shape index (κ2) is 11.4. The standard InChI is InChI=1S/C30H38N2O2/c1-23(2)25-9-15-28(16-10-25)34-30(26-11-13-27(33-4)14-12-26)17-18-31-19-21-32(22-20-31)29-8-6-5-7-24(29)3/h5-16,23,30H,17-22H2,1-4H3/t30-/m0/s1. The number of hydrogen-bond acceptors (Lipinski definition) is 4. The van der Waals surface area contributed by atoms with E-state index in [1.807, 2.05) is 12.1 Å². The largest absolute Gasteiger partial charge is 0.497 e. The number of para-hydroxylation sites is 1. The molecule has 0 spiro atoms. The van der Waals surface area contributed by atoms with Gasteiger partial charge >= 0.3 is 0 Å². The third-order valence-corrected chi connectivity index (χ3v) is 6.85. The SMILES string of the molecule is COc1ccc([C@H](CCN2CCN(c3ccccc3C)CC2)Oc2ccc(C(C)C)cc2)cc1. The molecule has 0 bridgehead atoms. The highest BCUT2D eigenvalue weighted by Gasteiger charge is 2.21. The highest BCUT2D eigenvalue weighted by molar-refractivity contribution is 5.53. The fourth-order valence-electron chi connectivity index (χ4n) is 4.64. The number of piperazine rings is 1. The van der Waals surface area contributed by atoms with Crippen LogP contribution in [-0.2, 0) is 0 Å². The third-order valence-electron chi connectivity index (χ3n) is 6.85. The first-order valence-corrected chi connectivity index (χ1v) is 12.5. The van der Waals surface area contributed by atoms with Gasteiger partial charge in [-0.25, -0.2) is 0 Å². The fourth-order valence-corrected chi connectivity index (χ4v) is 4.64. The van der Waals surface area contributed by atoms with Crippen molar-refractivity contribution in [2.45, 2.75) is 39.2 Å². The summed E-state index contributed by atoms with van der Waals surface area (Å²) in [5.41, 5.74) is 5.24. The summed E-state index contributed by atoms with van der Waals surface area (Å²) in [5, 5.41) is 0. The predicted molar refractivity (Wildman–Crippen MR) is 141 cm³/mol. The van der Waals surface area contributed by atoms with Crippen molar-refractivity contribution in [3.05, 3.63) is 89.5 Å². The lowest BCUT2D eigenvalue weighted by Crippen LogP contribution is -2.47. The van der Waals surface area contributed by atoms with Crippen molar-refractivity contribution in [2.24, 2.45) is 0 Å². The smallest absolute Gasteiger partial charge is 0.125 e. The van der Waals surface area contributed by atoms with Gasteiger partial charge in [-0.3, -0.25) is 4.90 Å². The first-order chi connectivity index (χ1) is 16.5. The van der Waals surface area contributed by atoms with Crippen molar-refractivity contribution in [1.29, 1.82) is 0 Å². The lowest BCUT2D eigenvalue weighted by atomic mass is 10.0. The molecule has 4 nitrogen and oxygen atoms in total. The highest BCUT2D eigenvalue weighted by Crippen LogP contribution is 2.28. The van der Waals surface area contributed by atoms with Crippen molar-refractivity contribution in [2.75, 3.05) is 44.7 Å². The second-order valence-corrected chi connectivity index (χ2v) is 9.51. The van der Waals surface area contributed by atoms with Crippen LogP contribution in [-0.4, -0.2) is 44.7 Å². The van der Waals surface area contributed by atoms with Crippen LogP contribution in [0.3, 0.4) is 0 Å². The molecule has 0 aliphatic carbocycles. The first-order valence-electron chi connectivity index (χ1n) is 12.5. The zero-order chi connectivity index (χ0) is 23.9. The van der Waals surface area contributed by atoms with Crippen LogP contribution >= 0.6 is 0 Å². The maximum atomic E-state index is 6.53. The van der Waals surface area contributed by atoms with Gasteiger partial charge in [-0.2, -0.15) is 0 Å². The molecule has 4 heteroatoms. The number of anilines is 1. The molecular formula is C30H38N2O2. The molecule has 0 unspecified atom stereocenters. The topological polar surface area (TPSA) is 24.9 Å². The van der Waals surface area contributed by atoms with Crippen molar-refractivity contribution in [1.82, 2.24) is 4.90 Å². The fraction of sp³-hybridized carbons (Fsp3) is 0.400. The maximum absolute atomic E-state index is 6.53. The summed E-state index contributed by atoms with van der Waals surface area (Å²) >= 11 is 0. The van der Waals surface area contributed by atoms with Crippen molar-refractivity contribution in [3.8, 4) is 11.5 Å². The van der Waals surface area contributed by atoms with Gasteiger partial charge < -0.3 is 14.4 Å². The predicted octanol–water partition coefficient (Wildman–Crippen LogP) is 6.46. The summed E-state index contributed by atoms with van der Waals surface area (Å²) in [5.74, 6) is 2.32. The minimum absolute atomic E-state index is 0.00482. The van der Waals surface area contributed by atoms with E-state index in [1.165, 1.54) is 22.4 Å². The molecule has 1 aliphatic heterocycles. The summed E-state index contributed by atoms with van der Waals surface area (Å²) in [7, 11) is 1.70. The van der Waals surface area contributed by atoms with Crippen LogP contribution in [0.15, 0.2) is 72.8 Å². The Hall–Kier alpha value is -2.98. The van der Waals surface area contributed by atoms with Gasteiger partial charge in [0.15, 0.2) is 0 Å². The summed E-state index contributed by atoms with van der Waals surface area (Å²) in [4.78, 5) is 5.08. The van der Waals surface area contributed by atoms with Crippen LogP contribution in [0, 0.1) is 6.92 Å². The van der Waals surface area contributed by atoms with Gasteiger partial charge in [0.1, 0.15) is 17.6 Å². The number of aryl methyl sites for hydroxylation is 1. The van der Waals surface area contributed by atoms with Gasteiger partial charge in [0, 0.05) is 44.8 Å². The quantitative estimate of drug-likeness (QED) is 0.367. The van der Waals surface area contributed by atoms with Crippen LogP contribution in [0.1, 0.15) is 49.0 Å². The van der Waals surface area contributed by atoms with E-state index in [1.54, 1.807) is 7.11 Å². The summed E-state index contributed by atoms with van der Waals surface area (Å²) in [6.45, 7) is 11.9. The van der Waals surface area contributed by atoms with Crippen LogP contribution in [0.5, 0.6) is 11.5 Å². The molecule has 0 saturated carbocycles. The van der Waals surface area contributed by atoms with Crippen molar-refractivity contribution >= 4 is 5.69 Å². The molecule has 1 aliphatic rings. The molecule has 1 fully saturated rings. The Morgan fingerprint density at radius 3 is 2.00 bits per heavy atom. The Labute approximate surface area is 205 Å². The Morgan fingerprint density at radius 1 is 0.765 bits per heavy atom. The zero-order valence-electron chi connectivity index (χ0n) is 21.0. The van der Waals surface area contributed by atoms with E-state index >= 15 is 0 Å². The zero-order valence-corrected chi connectivity index (χ0v) is 21.0. The third kappa shape index (κ3) is 6.12. The van der Waals surface area contributed by atoms with E-state index in [9.17, 15) is 0 Å². The molecule has 0 N–H and O–H groups in total. The maximum Gasteiger partial charge on any atom is 0.125 e. The normalized spacial score (nSPS) is 15.4. The van der Waals surface area contributed by atoms with Crippen LogP contribution in [0.4, 0.5) is 5.69 Å². The Morgan fingerprint density at radius 2 is 1.38 bits per heavy atom. The summed E-state index contributed by atoms with van der Waals surface area (Å²) in [6, 6.07) is 25.6. The molecule has 3 aromatic carbocycles. The van der Waals surface area contributed by atoms with E-state index in [-0.39, 0.29) is 6.10 Å². The minimum atomic E-state index is 0.00482. The van der Waals surface area contributed by atoms with Crippen LogP contribution < -0.4 is 14.4 Å². The summed E-state index contributed by atoms with van der Waals surface area (Å²) in [6.07, 6.45) is 0.952. The molecule has 0 radical (unpaired) electrons. The molecule has 180 valence electrons. The molecule has 0 aromatic heterocycles. The van der Waals surface area contributed by atoms with Gasteiger partial charge in [0.2, 0.25) is 0 Å². The first kappa shape index (κ1) is 24.2.